The molecule has 2 rings (SSSR count). The van der Waals surface area contributed by atoms with E-state index in [0.29, 0.717) is 5.69 Å². The van der Waals surface area contributed by atoms with E-state index in [0.717, 1.165) is 10.1 Å². The van der Waals surface area contributed by atoms with E-state index in [2.05, 4.69) is 15.1 Å². The van der Waals surface area contributed by atoms with Crippen LogP contribution in [0.1, 0.15) is 5.69 Å². The Morgan fingerprint density at radius 2 is 2.31 bits per heavy atom. The molecular weight excluding hydrogens is 224 g/mol. The molecule has 0 atom stereocenters. The molecule has 0 amide bonds. The molecule has 0 aliphatic carbocycles. The number of rotatable bonds is 3. The van der Waals surface area contributed by atoms with Crippen molar-refractivity contribution < 1.29 is 0 Å². The largest absolute Gasteiger partial charge is 0.382 e. The van der Waals surface area contributed by atoms with Gasteiger partial charge in [0.05, 0.1) is 0 Å². The first kappa shape index (κ1) is 10.6. The summed E-state index contributed by atoms with van der Waals surface area (Å²) in [5.74, 6) is -0.0413. The molecule has 6 nitrogen and oxygen atoms in total. The first-order valence-corrected chi connectivity index (χ1v) is 5.31. The van der Waals surface area contributed by atoms with Crippen molar-refractivity contribution in [3.8, 4) is 0 Å². The average Bonchev–Trinajstić information content (AvgIpc) is 2.65. The van der Waals surface area contributed by atoms with Gasteiger partial charge in [-0.25, -0.2) is 9.67 Å². The second-order valence-electron chi connectivity index (χ2n) is 3.06. The third-order valence-corrected chi connectivity index (χ3v) is 2.93. The molecule has 0 saturated carbocycles. The maximum absolute atomic E-state index is 7.30. The minimum absolute atomic E-state index is 0.0413. The van der Waals surface area contributed by atoms with Crippen molar-refractivity contribution in [1.29, 1.82) is 5.41 Å². The predicted octanol–water partition coefficient (Wildman–Crippen LogP) is 0.645. The van der Waals surface area contributed by atoms with Gasteiger partial charge in [0.2, 0.25) is 0 Å². The molecule has 0 unspecified atom stereocenters. The number of aromatic nitrogens is 4. The van der Waals surface area contributed by atoms with Crippen LogP contribution in [0.2, 0.25) is 0 Å². The number of nitrogens with one attached hydrogen (secondary N) is 1. The first-order valence-electron chi connectivity index (χ1n) is 4.49. The Balaban J connectivity index is 2.25. The van der Waals surface area contributed by atoms with Crippen LogP contribution in [-0.2, 0) is 7.05 Å². The minimum atomic E-state index is -0.0413. The quantitative estimate of drug-likeness (QED) is 0.600. The van der Waals surface area contributed by atoms with Crippen molar-refractivity contribution in [3.63, 3.8) is 0 Å². The summed E-state index contributed by atoms with van der Waals surface area (Å²) in [5, 5.41) is 12.0. The molecule has 3 N–H and O–H groups in total. The predicted molar refractivity (Wildman–Crippen MR) is 60.4 cm³/mol. The second kappa shape index (κ2) is 4.31. The van der Waals surface area contributed by atoms with Crippen LogP contribution < -0.4 is 5.73 Å². The normalized spacial score (nSPS) is 10.3. The van der Waals surface area contributed by atoms with Gasteiger partial charge in [-0.1, -0.05) is 11.8 Å². The molecule has 2 heterocycles. The van der Waals surface area contributed by atoms with Crippen LogP contribution in [-0.4, -0.2) is 25.6 Å². The number of pyridine rings is 1. The summed E-state index contributed by atoms with van der Waals surface area (Å²) in [5.41, 5.74) is 5.83. The summed E-state index contributed by atoms with van der Waals surface area (Å²) in [6, 6.07) is 3.59. The highest BCUT2D eigenvalue weighted by molar-refractivity contribution is 7.99. The molecule has 82 valence electrons. The van der Waals surface area contributed by atoms with Gasteiger partial charge < -0.3 is 5.73 Å². The number of nitrogens with two attached hydrogens (primary N) is 1. The third-order valence-electron chi connectivity index (χ3n) is 1.89. The van der Waals surface area contributed by atoms with Crippen LogP contribution in [0.4, 0.5) is 0 Å². The molecule has 0 radical (unpaired) electrons. The summed E-state index contributed by atoms with van der Waals surface area (Å²) < 4.78 is 1.68. The summed E-state index contributed by atoms with van der Waals surface area (Å²) >= 11 is 1.45. The Morgan fingerprint density at radius 3 is 2.94 bits per heavy atom. The fourth-order valence-electron chi connectivity index (χ4n) is 1.11. The molecule has 0 aliphatic rings. The van der Waals surface area contributed by atoms with E-state index in [1.165, 1.54) is 18.1 Å². The van der Waals surface area contributed by atoms with Gasteiger partial charge in [-0.3, -0.25) is 10.4 Å². The Morgan fingerprint density at radius 1 is 1.50 bits per heavy atom. The lowest BCUT2D eigenvalue weighted by atomic mass is 10.3. The first-order chi connectivity index (χ1) is 7.66. The van der Waals surface area contributed by atoms with Gasteiger partial charge in [0.25, 0.3) is 0 Å². The van der Waals surface area contributed by atoms with Gasteiger partial charge in [-0.15, -0.1) is 0 Å². The number of nitrogen functional groups attached to an aromatic ring is 1. The van der Waals surface area contributed by atoms with Crippen LogP contribution >= 0.6 is 11.8 Å². The molecule has 0 aromatic carbocycles. The number of amidine groups is 1. The Hall–Kier alpha value is -1.89. The lowest BCUT2D eigenvalue weighted by Crippen LogP contribution is -2.12. The Labute approximate surface area is 96.4 Å². The van der Waals surface area contributed by atoms with Crippen LogP contribution in [0.15, 0.2) is 34.7 Å². The van der Waals surface area contributed by atoms with Crippen molar-refractivity contribution in [1.82, 2.24) is 19.7 Å². The number of aryl methyl sites for hydroxylation is 1. The minimum Gasteiger partial charge on any atom is -0.382 e. The molecule has 0 bridgehead atoms. The van der Waals surface area contributed by atoms with Gasteiger partial charge >= 0.3 is 0 Å². The fraction of sp³-hybridized carbons (Fsp3) is 0.111. The van der Waals surface area contributed by atoms with Crippen molar-refractivity contribution in [2.75, 3.05) is 0 Å². The highest BCUT2D eigenvalue weighted by Crippen LogP contribution is 2.24. The van der Waals surface area contributed by atoms with Crippen LogP contribution in [0.25, 0.3) is 0 Å². The van der Waals surface area contributed by atoms with Gasteiger partial charge in [0.15, 0.2) is 5.16 Å². The molecule has 0 aliphatic heterocycles. The van der Waals surface area contributed by atoms with E-state index in [4.69, 9.17) is 11.1 Å². The molecule has 16 heavy (non-hydrogen) atoms. The van der Waals surface area contributed by atoms with Crippen molar-refractivity contribution in [2.24, 2.45) is 12.8 Å². The maximum Gasteiger partial charge on any atom is 0.190 e. The Bertz CT molecular complexity index is 520. The van der Waals surface area contributed by atoms with E-state index in [1.54, 1.807) is 16.9 Å². The van der Waals surface area contributed by atoms with Crippen LogP contribution in [0, 0.1) is 5.41 Å². The lowest BCUT2D eigenvalue weighted by Gasteiger charge is -2.02. The number of nitrogens with zero attached hydrogens (tertiary/aromatic N) is 4. The zero-order valence-corrected chi connectivity index (χ0v) is 9.40. The SMILES string of the molecule is Cn1ncnc1Sc1ccnc(C(=N)N)c1. The highest BCUT2D eigenvalue weighted by atomic mass is 32.2. The smallest absolute Gasteiger partial charge is 0.190 e. The zero-order chi connectivity index (χ0) is 11.5. The standard InChI is InChI=1S/C9H10N6S/c1-15-9(13-5-14-15)16-6-2-3-12-7(4-6)8(10)11/h2-5H,1H3,(H3,10,11). The Kier molecular flexibility index (Phi) is 2.86. The van der Waals surface area contributed by atoms with E-state index >= 15 is 0 Å². The molecule has 0 spiro atoms. The van der Waals surface area contributed by atoms with Crippen LogP contribution in [0.5, 0.6) is 0 Å². The van der Waals surface area contributed by atoms with Crippen molar-refractivity contribution >= 4 is 17.6 Å². The zero-order valence-electron chi connectivity index (χ0n) is 8.58. The molecule has 2 aromatic heterocycles. The van der Waals surface area contributed by atoms with E-state index < -0.39 is 0 Å². The summed E-state index contributed by atoms with van der Waals surface area (Å²) in [6.45, 7) is 0. The monoisotopic (exact) mass is 234 g/mol. The van der Waals surface area contributed by atoms with E-state index in [9.17, 15) is 0 Å². The van der Waals surface area contributed by atoms with Crippen molar-refractivity contribution in [2.45, 2.75) is 10.1 Å². The molecule has 7 heteroatoms. The molecular formula is C9H10N6S. The van der Waals surface area contributed by atoms with Crippen molar-refractivity contribution in [3.05, 3.63) is 30.4 Å². The van der Waals surface area contributed by atoms with Gasteiger partial charge in [0.1, 0.15) is 17.9 Å². The topological polar surface area (TPSA) is 93.5 Å². The van der Waals surface area contributed by atoms with Gasteiger partial charge in [-0.05, 0) is 12.1 Å². The summed E-state index contributed by atoms with van der Waals surface area (Å²) in [4.78, 5) is 9.01. The molecule has 0 fully saturated rings. The van der Waals surface area contributed by atoms with Gasteiger partial charge in [-0.2, -0.15) is 5.10 Å². The van der Waals surface area contributed by atoms with E-state index in [1.807, 2.05) is 13.1 Å². The number of hydrogen-bond donors (Lipinski definition) is 2. The fourth-order valence-corrected chi connectivity index (χ4v) is 1.89. The van der Waals surface area contributed by atoms with Crippen LogP contribution in [0.3, 0.4) is 0 Å². The average molecular weight is 234 g/mol. The van der Waals surface area contributed by atoms with Gasteiger partial charge in [0, 0.05) is 18.1 Å². The summed E-state index contributed by atoms with van der Waals surface area (Å²) in [6.07, 6.45) is 3.12. The third kappa shape index (κ3) is 2.19. The maximum atomic E-state index is 7.30. The summed E-state index contributed by atoms with van der Waals surface area (Å²) in [7, 11) is 1.82. The van der Waals surface area contributed by atoms with E-state index in [-0.39, 0.29) is 5.84 Å². The molecule has 2 aromatic rings. The highest BCUT2D eigenvalue weighted by Gasteiger charge is 2.05. The number of hydrogen-bond acceptors (Lipinski definition) is 5. The second-order valence-corrected chi connectivity index (χ2v) is 4.10. The molecule has 0 saturated heterocycles. The lowest BCUT2D eigenvalue weighted by molar-refractivity contribution is 0.685.